The first kappa shape index (κ1) is 34.9. The summed E-state index contributed by atoms with van der Waals surface area (Å²) in [6, 6.07) is 9.79. The van der Waals surface area contributed by atoms with Gasteiger partial charge in [0.05, 0.1) is 28.1 Å². The highest BCUT2D eigenvalue weighted by atomic mass is 35.5. The second-order valence-corrected chi connectivity index (χ2v) is 11.4. The molecule has 16 heteroatoms. The minimum atomic E-state index is -1.69. The molecule has 2 unspecified atom stereocenters. The number of allylic oxidation sites excluding steroid dienone is 1. The number of carbonyl (C=O) groups excluding carboxylic acids is 3. The summed E-state index contributed by atoms with van der Waals surface area (Å²) in [6.07, 6.45) is 2.61. The lowest BCUT2D eigenvalue weighted by Gasteiger charge is -2.27. The predicted octanol–water partition coefficient (Wildman–Crippen LogP) is 2.65. The topological polar surface area (TPSA) is 196 Å². The van der Waals surface area contributed by atoms with E-state index >= 15 is 0 Å². The van der Waals surface area contributed by atoms with Crippen LogP contribution in [0.5, 0.6) is 0 Å². The molecule has 0 radical (unpaired) electrons. The van der Waals surface area contributed by atoms with E-state index in [2.05, 4.69) is 5.32 Å². The number of ether oxygens (including phenoxy) is 1. The highest BCUT2D eigenvalue weighted by molar-refractivity contribution is 6.39. The number of hydrogen-bond donors (Lipinski definition) is 3. The van der Waals surface area contributed by atoms with Crippen LogP contribution in [0.4, 0.5) is 0 Å². The number of hydrogen-bond acceptors (Lipinski definition) is 8. The van der Waals surface area contributed by atoms with Crippen LogP contribution in [-0.2, 0) is 36.9 Å². The van der Waals surface area contributed by atoms with Crippen LogP contribution in [0.1, 0.15) is 53.7 Å². The number of benzene rings is 2. The van der Waals surface area contributed by atoms with Gasteiger partial charge in [-0.1, -0.05) is 71.8 Å². The molecular weight excluding hydrogens is 659 g/mol. The van der Waals surface area contributed by atoms with Gasteiger partial charge in [-0.25, -0.2) is 28.3 Å². The first-order chi connectivity index (χ1) is 22.4. The van der Waals surface area contributed by atoms with E-state index in [1.807, 2.05) is 30.3 Å². The third kappa shape index (κ3) is 8.45. The van der Waals surface area contributed by atoms with Crippen molar-refractivity contribution in [2.75, 3.05) is 6.61 Å². The molecule has 2 aromatic carbocycles. The molecule has 2 heterocycles. The lowest BCUT2D eigenvalue weighted by atomic mass is 10.0. The van der Waals surface area contributed by atoms with Gasteiger partial charge in [-0.2, -0.15) is 0 Å². The Kier molecular flexibility index (Phi) is 11.6. The average Bonchev–Trinajstić information content (AvgIpc) is 3.27. The highest BCUT2D eigenvalue weighted by Crippen LogP contribution is 2.26. The van der Waals surface area contributed by atoms with Crippen molar-refractivity contribution in [3.05, 3.63) is 103 Å². The number of rotatable bonds is 15. The fraction of sp³-hybridized carbons (Fsp3) is 0.323. The van der Waals surface area contributed by atoms with E-state index in [0.29, 0.717) is 12.8 Å². The first-order valence-electron chi connectivity index (χ1n) is 14.4. The Bertz CT molecular complexity index is 1810. The van der Waals surface area contributed by atoms with Crippen molar-refractivity contribution in [1.82, 2.24) is 19.2 Å². The maximum atomic E-state index is 13.6. The van der Waals surface area contributed by atoms with Crippen molar-refractivity contribution < 1.29 is 38.9 Å². The van der Waals surface area contributed by atoms with Crippen molar-refractivity contribution in [3.8, 4) is 0 Å². The summed E-state index contributed by atoms with van der Waals surface area (Å²) in [5, 5.41) is 20.7. The Balaban J connectivity index is 1.58. The maximum Gasteiger partial charge on any atom is 0.348 e. The number of carboxylic acids is 2. The number of ketones is 1. The van der Waals surface area contributed by atoms with Gasteiger partial charge in [-0.15, -0.1) is 0 Å². The highest BCUT2D eigenvalue weighted by Gasteiger charge is 2.35. The lowest BCUT2D eigenvalue weighted by molar-refractivity contribution is -0.141. The fourth-order valence-electron chi connectivity index (χ4n) is 5.10. The number of aromatic nitrogens is 3. The van der Waals surface area contributed by atoms with E-state index in [1.165, 1.54) is 24.3 Å². The molecule has 3 N–H and O–H groups in total. The van der Waals surface area contributed by atoms with Crippen LogP contribution in [0.25, 0.3) is 0 Å². The number of fused-ring (bicyclic) bond motifs is 1. The van der Waals surface area contributed by atoms with Gasteiger partial charge in [0, 0.05) is 13.0 Å². The minimum Gasteiger partial charge on any atom is -0.481 e. The molecule has 248 valence electrons. The third-order valence-electron chi connectivity index (χ3n) is 7.39. The van der Waals surface area contributed by atoms with Crippen molar-refractivity contribution in [3.63, 3.8) is 0 Å². The Morgan fingerprint density at radius 1 is 0.872 bits per heavy atom. The smallest absolute Gasteiger partial charge is 0.348 e. The van der Waals surface area contributed by atoms with Crippen LogP contribution >= 0.6 is 23.2 Å². The molecule has 1 aliphatic rings. The molecule has 47 heavy (non-hydrogen) atoms. The van der Waals surface area contributed by atoms with Crippen molar-refractivity contribution >= 4 is 52.8 Å². The molecule has 0 saturated heterocycles. The molecule has 1 aromatic heterocycles. The molecule has 0 saturated carbocycles. The second-order valence-electron chi connectivity index (χ2n) is 10.6. The summed E-state index contributed by atoms with van der Waals surface area (Å²) in [7, 11) is 0. The number of aryl methyl sites for hydroxylation is 1. The number of aliphatic carboxylic acids is 2. The van der Waals surface area contributed by atoms with E-state index in [-0.39, 0.29) is 35.0 Å². The van der Waals surface area contributed by atoms with E-state index in [4.69, 9.17) is 33.0 Å². The number of carboxylic acid groups (broad SMARTS) is 2. The van der Waals surface area contributed by atoms with Gasteiger partial charge in [-0.3, -0.25) is 19.2 Å². The number of Topliss-reactive ketones (excluding diaryl/α,β-unsaturated/α-hetero) is 1. The number of carbonyl (C=O) groups is 5. The number of amides is 1. The second kappa shape index (κ2) is 15.6. The van der Waals surface area contributed by atoms with Gasteiger partial charge in [0.15, 0.2) is 18.4 Å². The molecule has 3 aromatic rings. The number of nitrogens with zero attached hydrogens (tertiary/aromatic N) is 3. The van der Waals surface area contributed by atoms with Gasteiger partial charge >= 0.3 is 29.3 Å². The summed E-state index contributed by atoms with van der Waals surface area (Å²) in [5.74, 6) is -5.58. The monoisotopic (exact) mass is 688 g/mol. The molecule has 1 aliphatic heterocycles. The first-order valence-corrected chi connectivity index (χ1v) is 15.2. The lowest BCUT2D eigenvalue weighted by Crippen LogP contribution is -2.49. The van der Waals surface area contributed by atoms with E-state index in [1.54, 1.807) is 6.08 Å². The standard InChI is InChI=1S/C31H30Cl2N4O10/c32-20-8-4-9-21(33)27(20)29(44)47-17-24(38)22(16-26(41)42)34-28(43)23-14-13-19(12-11-18-6-2-1-3-7-18)36-30(45)35(31(46)37(23)36)15-5-10-25(39)40/h1-4,6-9,13-14,19,22-23H,5,10-12,15-17H2,(H,34,43)(H,39,40)(H,41,42)/t19?,22-,23?/m0/s1. The van der Waals surface area contributed by atoms with Gasteiger partial charge < -0.3 is 20.3 Å². The SMILES string of the molecule is O=C(O)CCCn1c(=O)n2n(c1=O)C(C(=O)N[C@@H](CC(=O)O)C(=O)COC(=O)c1c(Cl)cccc1Cl)C=CC2CCc1ccccc1. The van der Waals surface area contributed by atoms with E-state index in [0.717, 1.165) is 19.5 Å². The van der Waals surface area contributed by atoms with Crippen LogP contribution < -0.4 is 16.7 Å². The van der Waals surface area contributed by atoms with Crippen LogP contribution in [-0.4, -0.2) is 66.4 Å². The Labute approximate surface area is 276 Å². The molecule has 0 bridgehead atoms. The third-order valence-corrected chi connectivity index (χ3v) is 8.02. The molecule has 4 rings (SSSR count). The van der Waals surface area contributed by atoms with Gasteiger partial charge in [0.2, 0.25) is 5.91 Å². The Morgan fingerprint density at radius 2 is 1.53 bits per heavy atom. The predicted molar refractivity (Wildman–Crippen MR) is 168 cm³/mol. The van der Waals surface area contributed by atoms with Crippen molar-refractivity contribution in [2.45, 2.75) is 56.8 Å². The maximum absolute atomic E-state index is 13.6. The fourth-order valence-corrected chi connectivity index (χ4v) is 5.65. The molecule has 0 aliphatic carbocycles. The molecular formula is C31H30Cl2N4O10. The summed E-state index contributed by atoms with van der Waals surface area (Å²) in [4.78, 5) is 88.7. The summed E-state index contributed by atoms with van der Waals surface area (Å²) < 4.78 is 7.87. The Hall–Kier alpha value is -4.95. The zero-order valence-electron chi connectivity index (χ0n) is 24.7. The molecule has 1 amide bonds. The van der Waals surface area contributed by atoms with E-state index < -0.39 is 72.1 Å². The largest absolute Gasteiger partial charge is 0.481 e. The van der Waals surface area contributed by atoms with E-state index in [9.17, 15) is 38.7 Å². The quantitative estimate of drug-likeness (QED) is 0.158. The zero-order chi connectivity index (χ0) is 34.2. The number of nitrogens with one attached hydrogen (secondary N) is 1. The Morgan fingerprint density at radius 3 is 2.17 bits per heavy atom. The van der Waals surface area contributed by atoms with Crippen LogP contribution in [0, 0.1) is 0 Å². The van der Waals surface area contributed by atoms with Crippen molar-refractivity contribution in [2.24, 2.45) is 0 Å². The summed E-state index contributed by atoms with van der Waals surface area (Å²) in [6.45, 7) is -1.16. The van der Waals surface area contributed by atoms with Crippen molar-refractivity contribution in [1.29, 1.82) is 0 Å². The minimum absolute atomic E-state index is 0.0270. The van der Waals surface area contributed by atoms with Gasteiger partial charge in [-0.05, 0) is 37.0 Å². The zero-order valence-corrected chi connectivity index (χ0v) is 26.2. The summed E-state index contributed by atoms with van der Waals surface area (Å²) >= 11 is 12.0. The number of halogens is 2. The number of esters is 1. The molecule has 0 spiro atoms. The van der Waals surface area contributed by atoms with Crippen LogP contribution in [0.3, 0.4) is 0 Å². The van der Waals surface area contributed by atoms with Crippen LogP contribution in [0.15, 0.2) is 70.3 Å². The van der Waals surface area contributed by atoms with Crippen LogP contribution in [0.2, 0.25) is 10.0 Å². The van der Waals surface area contributed by atoms with Gasteiger partial charge in [0.1, 0.15) is 6.04 Å². The summed E-state index contributed by atoms with van der Waals surface area (Å²) in [5.41, 5.74) is -0.886. The van der Waals surface area contributed by atoms with Gasteiger partial charge in [0.25, 0.3) is 0 Å². The molecule has 3 atom stereocenters. The molecule has 0 fully saturated rings. The average molecular weight is 690 g/mol. The normalized spacial score (nSPS) is 15.8. The molecule has 14 nitrogen and oxygen atoms in total.